The predicted molar refractivity (Wildman–Crippen MR) is 91.7 cm³/mol. The average Bonchev–Trinajstić information content (AvgIpc) is 2.95. The normalized spacial score (nSPS) is 10.8. The van der Waals surface area contributed by atoms with E-state index in [9.17, 15) is 10.1 Å². The van der Waals surface area contributed by atoms with E-state index in [4.69, 9.17) is 4.74 Å². The van der Waals surface area contributed by atoms with Crippen LogP contribution in [0.4, 0.5) is 11.6 Å². The van der Waals surface area contributed by atoms with Gasteiger partial charge in [0.1, 0.15) is 5.75 Å². The van der Waals surface area contributed by atoms with Crippen molar-refractivity contribution in [2.24, 2.45) is 0 Å². The monoisotopic (exact) mass is 326 g/mol. The largest absolute Gasteiger partial charge is 0.496 e. The molecule has 2 heterocycles. The molecule has 3 rings (SSSR count). The topological polar surface area (TPSA) is 72.9 Å². The molecule has 7 heteroatoms. The summed E-state index contributed by atoms with van der Waals surface area (Å²) in [4.78, 5) is 17.3. The Morgan fingerprint density at radius 1 is 1.33 bits per heavy atom. The van der Waals surface area contributed by atoms with Gasteiger partial charge in [-0.1, -0.05) is 23.8 Å². The van der Waals surface area contributed by atoms with Crippen molar-refractivity contribution in [1.82, 2.24) is 9.38 Å². The number of ether oxygens (including phenoxy) is 1. The third-order valence-electron chi connectivity index (χ3n) is 3.86. The maximum absolute atomic E-state index is 11.5. The van der Waals surface area contributed by atoms with E-state index >= 15 is 0 Å². The molecule has 0 aliphatic carbocycles. The minimum atomic E-state index is -0.403. The first kappa shape index (κ1) is 15.8. The molecule has 0 spiro atoms. The third kappa shape index (κ3) is 2.76. The highest BCUT2D eigenvalue weighted by Crippen LogP contribution is 2.30. The Balaban J connectivity index is 2.03. The Kier molecular flexibility index (Phi) is 4.07. The summed E-state index contributed by atoms with van der Waals surface area (Å²) in [6, 6.07) is 11.2. The molecule has 1 aromatic carbocycles. The van der Waals surface area contributed by atoms with Crippen molar-refractivity contribution in [3.8, 4) is 5.75 Å². The van der Waals surface area contributed by atoms with Gasteiger partial charge in [-0.15, -0.1) is 0 Å². The summed E-state index contributed by atoms with van der Waals surface area (Å²) in [6.07, 6.45) is 1.64. The molecule has 24 heavy (non-hydrogen) atoms. The van der Waals surface area contributed by atoms with Gasteiger partial charge in [0.05, 0.1) is 13.3 Å². The number of imidazole rings is 1. The molecule has 0 aliphatic heterocycles. The van der Waals surface area contributed by atoms with Gasteiger partial charge in [0, 0.05) is 25.2 Å². The molecule has 0 fully saturated rings. The second-order valence-corrected chi connectivity index (χ2v) is 5.62. The molecule has 0 amide bonds. The van der Waals surface area contributed by atoms with E-state index in [0.29, 0.717) is 18.0 Å². The lowest BCUT2D eigenvalue weighted by Gasteiger charge is -2.18. The molecule has 0 N–H and O–H groups in total. The van der Waals surface area contributed by atoms with Crippen molar-refractivity contribution in [3.63, 3.8) is 0 Å². The first-order chi connectivity index (χ1) is 11.5. The molecule has 124 valence electrons. The van der Waals surface area contributed by atoms with Crippen LogP contribution in [0.5, 0.6) is 5.75 Å². The van der Waals surface area contributed by atoms with Crippen LogP contribution >= 0.6 is 0 Å². The van der Waals surface area contributed by atoms with Crippen molar-refractivity contribution in [1.29, 1.82) is 0 Å². The molecule has 7 nitrogen and oxygen atoms in total. The van der Waals surface area contributed by atoms with Gasteiger partial charge < -0.3 is 19.8 Å². The van der Waals surface area contributed by atoms with Crippen LogP contribution in [0.25, 0.3) is 5.65 Å². The lowest BCUT2D eigenvalue weighted by Crippen LogP contribution is -2.18. The molecule has 0 bridgehead atoms. The van der Waals surface area contributed by atoms with E-state index in [1.165, 1.54) is 4.40 Å². The quantitative estimate of drug-likeness (QED) is 0.532. The fraction of sp³-hybridized carbons (Fsp3) is 0.235. The molecule has 0 aliphatic rings. The highest BCUT2D eigenvalue weighted by Gasteiger charge is 2.25. The summed E-state index contributed by atoms with van der Waals surface area (Å²) in [5.41, 5.74) is 2.59. The second kappa shape index (κ2) is 6.19. The van der Waals surface area contributed by atoms with Crippen LogP contribution in [0.1, 0.15) is 11.1 Å². The first-order valence-electron chi connectivity index (χ1n) is 7.47. The minimum Gasteiger partial charge on any atom is -0.496 e. The van der Waals surface area contributed by atoms with Crippen molar-refractivity contribution >= 4 is 17.3 Å². The number of nitrogens with zero attached hydrogens (tertiary/aromatic N) is 4. The van der Waals surface area contributed by atoms with E-state index in [1.54, 1.807) is 43.5 Å². The standard InChI is InChI=1S/C17H18N4O3/c1-12-7-8-14(24-3)13(10-12)11-19(2)16-17(21(22)23)20-9-5-4-6-15(20)18-16/h4-10H,11H2,1-3H3. The highest BCUT2D eigenvalue weighted by atomic mass is 16.6. The van der Waals surface area contributed by atoms with Crippen molar-refractivity contribution < 1.29 is 9.66 Å². The van der Waals surface area contributed by atoms with Gasteiger partial charge >= 0.3 is 5.82 Å². The van der Waals surface area contributed by atoms with E-state index in [2.05, 4.69) is 4.98 Å². The number of rotatable bonds is 5. The molecular weight excluding hydrogens is 308 g/mol. The van der Waals surface area contributed by atoms with Crippen LogP contribution in [0, 0.1) is 17.0 Å². The van der Waals surface area contributed by atoms with E-state index in [1.807, 2.05) is 25.1 Å². The zero-order chi connectivity index (χ0) is 17.3. The Morgan fingerprint density at radius 3 is 2.83 bits per heavy atom. The number of pyridine rings is 1. The van der Waals surface area contributed by atoms with Crippen molar-refractivity contribution in [2.75, 3.05) is 19.1 Å². The fourth-order valence-electron chi connectivity index (χ4n) is 2.76. The number of aryl methyl sites for hydroxylation is 1. The molecule has 0 atom stereocenters. The number of benzene rings is 1. The lowest BCUT2D eigenvalue weighted by molar-refractivity contribution is -0.389. The van der Waals surface area contributed by atoms with Gasteiger partial charge in [0.2, 0.25) is 11.5 Å². The van der Waals surface area contributed by atoms with Gasteiger partial charge in [-0.2, -0.15) is 9.38 Å². The number of anilines is 1. The molecular formula is C17H18N4O3. The Morgan fingerprint density at radius 2 is 2.12 bits per heavy atom. The number of aromatic nitrogens is 2. The Labute approximate surface area is 139 Å². The summed E-state index contributed by atoms with van der Waals surface area (Å²) < 4.78 is 6.87. The third-order valence-corrected chi connectivity index (χ3v) is 3.86. The summed E-state index contributed by atoms with van der Waals surface area (Å²) in [6.45, 7) is 2.45. The van der Waals surface area contributed by atoms with Crippen LogP contribution in [-0.4, -0.2) is 28.5 Å². The smallest absolute Gasteiger partial charge is 0.372 e. The molecule has 0 saturated heterocycles. The molecule has 0 unspecified atom stereocenters. The van der Waals surface area contributed by atoms with Crippen LogP contribution in [-0.2, 0) is 6.54 Å². The molecule has 0 saturated carbocycles. The van der Waals surface area contributed by atoms with E-state index in [-0.39, 0.29) is 5.82 Å². The van der Waals surface area contributed by atoms with Crippen LogP contribution < -0.4 is 9.64 Å². The van der Waals surface area contributed by atoms with Crippen LogP contribution in [0.3, 0.4) is 0 Å². The summed E-state index contributed by atoms with van der Waals surface area (Å²) in [7, 11) is 3.40. The number of nitro groups is 1. The van der Waals surface area contributed by atoms with Gasteiger partial charge in [-0.05, 0) is 24.0 Å². The zero-order valence-electron chi connectivity index (χ0n) is 13.8. The van der Waals surface area contributed by atoms with Crippen molar-refractivity contribution in [3.05, 3.63) is 63.8 Å². The first-order valence-corrected chi connectivity index (χ1v) is 7.47. The summed E-state index contributed by atoms with van der Waals surface area (Å²) in [5.74, 6) is 1.04. The summed E-state index contributed by atoms with van der Waals surface area (Å²) >= 11 is 0. The van der Waals surface area contributed by atoms with Crippen LogP contribution in [0.15, 0.2) is 42.6 Å². The molecule has 0 radical (unpaired) electrons. The van der Waals surface area contributed by atoms with Gasteiger partial charge in [-0.3, -0.25) is 0 Å². The fourth-order valence-corrected chi connectivity index (χ4v) is 2.76. The van der Waals surface area contributed by atoms with Gasteiger partial charge in [-0.25, -0.2) is 0 Å². The molecule has 3 aromatic rings. The Hall–Kier alpha value is -3.09. The average molecular weight is 326 g/mol. The number of hydrogen-bond acceptors (Lipinski definition) is 5. The Bertz CT molecular complexity index is 904. The SMILES string of the molecule is COc1ccc(C)cc1CN(C)c1nc2ccccn2c1[N+](=O)[O-]. The second-order valence-electron chi connectivity index (χ2n) is 5.62. The number of hydrogen-bond donors (Lipinski definition) is 0. The summed E-state index contributed by atoms with van der Waals surface area (Å²) in [5, 5.41) is 11.5. The lowest BCUT2D eigenvalue weighted by atomic mass is 10.1. The predicted octanol–water partition coefficient (Wildman–Crippen LogP) is 3.20. The van der Waals surface area contributed by atoms with E-state index in [0.717, 1.165) is 16.9 Å². The minimum absolute atomic E-state index is 0.0419. The molecule has 2 aromatic heterocycles. The van der Waals surface area contributed by atoms with Gasteiger partial charge in [0.25, 0.3) is 0 Å². The van der Waals surface area contributed by atoms with Crippen molar-refractivity contribution in [2.45, 2.75) is 13.5 Å². The van der Waals surface area contributed by atoms with Crippen LogP contribution in [0.2, 0.25) is 0 Å². The van der Waals surface area contributed by atoms with Gasteiger partial charge in [0.15, 0.2) is 0 Å². The highest BCUT2D eigenvalue weighted by molar-refractivity contribution is 5.63. The number of methoxy groups -OCH3 is 1. The number of fused-ring (bicyclic) bond motifs is 1. The maximum Gasteiger partial charge on any atom is 0.372 e. The van der Waals surface area contributed by atoms with E-state index < -0.39 is 4.92 Å². The maximum atomic E-state index is 11.5. The zero-order valence-corrected chi connectivity index (χ0v) is 13.8.